The Kier molecular flexibility index (Phi) is 2.09. The number of amides is 2. The summed E-state index contributed by atoms with van der Waals surface area (Å²) in [4.78, 5) is 25.1. The number of aliphatic hydroxyl groups excluding tert-OH is 1. The third-order valence-electron chi connectivity index (χ3n) is 3.89. The van der Waals surface area contributed by atoms with Gasteiger partial charge in [-0.05, 0) is 25.7 Å². The molecule has 2 atom stereocenters. The molecule has 88 valence electrons. The summed E-state index contributed by atoms with van der Waals surface area (Å²) in [5.41, 5.74) is -0.206. The number of hydrogen-bond donors (Lipinski definition) is 1. The van der Waals surface area contributed by atoms with Gasteiger partial charge in [0, 0.05) is 12.0 Å². The standard InChI is InChI=1S/C11H15NO4/c13-6-11(3-4-11)5-12-9(14)7-1-2-8(16-7)10(12)15/h7-8,13H,1-6H2. The molecule has 3 rings (SSSR count). The zero-order chi connectivity index (χ0) is 11.3. The van der Waals surface area contributed by atoms with E-state index in [9.17, 15) is 14.7 Å². The van der Waals surface area contributed by atoms with Crippen molar-refractivity contribution in [1.29, 1.82) is 0 Å². The number of rotatable bonds is 3. The van der Waals surface area contributed by atoms with E-state index in [0.717, 1.165) is 12.8 Å². The molecule has 2 heterocycles. The topological polar surface area (TPSA) is 66.8 Å². The van der Waals surface area contributed by atoms with Crippen LogP contribution < -0.4 is 0 Å². The Hall–Kier alpha value is -0.940. The molecule has 1 N–H and O–H groups in total. The van der Waals surface area contributed by atoms with Gasteiger partial charge < -0.3 is 9.84 Å². The predicted molar refractivity (Wildman–Crippen MR) is 53.4 cm³/mol. The van der Waals surface area contributed by atoms with Gasteiger partial charge in [-0.25, -0.2) is 0 Å². The van der Waals surface area contributed by atoms with Crippen molar-refractivity contribution in [2.24, 2.45) is 5.41 Å². The zero-order valence-corrected chi connectivity index (χ0v) is 9.02. The molecule has 2 unspecified atom stereocenters. The van der Waals surface area contributed by atoms with Crippen LogP contribution in [0.2, 0.25) is 0 Å². The van der Waals surface area contributed by atoms with Gasteiger partial charge in [0.25, 0.3) is 11.8 Å². The van der Waals surface area contributed by atoms with E-state index in [0.29, 0.717) is 19.4 Å². The highest BCUT2D eigenvalue weighted by atomic mass is 16.5. The molecule has 5 nitrogen and oxygen atoms in total. The summed E-state index contributed by atoms with van der Waals surface area (Å²) in [7, 11) is 0. The van der Waals surface area contributed by atoms with Crippen LogP contribution in [0.4, 0.5) is 0 Å². The van der Waals surface area contributed by atoms with E-state index >= 15 is 0 Å². The maximum atomic E-state index is 11.9. The predicted octanol–water partition coefficient (Wildman–Crippen LogP) is -0.325. The second-order valence-corrected chi connectivity index (χ2v) is 5.11. The molecule has 2 bridgehead atoms. The number of aliphatic hydroxyl groups is 1. The summed E-state index contributed by atoms with van der Waals surface area (Å²) in [6.45, 7) is 0.428. The van der Waals surface area contributed by atoms with Crippen LogP contribution in [-0.2, 0) is 14.3 Å². The van der Waals surface area contributed by atoms with Gasteiger partial charge in [-0.2, -0.15) is 0 Å². The number of morpholine rings is 1. The van der Waals surface area contributed by atoms with E-state index in [1.54, 1.807) is 0 Å². The van der Waals surface area contributed by atoms with Gasteiger partial charge in [-0.3, -0.25) is 14.5 Å². The van der Waals surface area contributed by atoms with Gasteiger partial charge in [0.2, 0.25) is 0 Å². The lowest BCUT2D eigenvalue weighted by Crippen LogP contribution is -2.53. The molecule has 3 aliphatic rings. The SMILES string of the molecule is O=C1C2CCC(O2)C(=O)N1CC1(CO)CC1. The second-order valence-electron chi connectivity index (χ2n) is 5.11. The lowest BCUT2D eigenvalue weighted by Gasteiger charge is -2.32. The van der Waals surface area contributed by atoms with Crippen molar-refractivity contribution in [3.63, 3.8) is 0 Å². The Bertz CT molecular complexity index is 328. The average molecular weight is 225 g/mol. The minimum absolute atomic E-state index is 0.0558. The van der Waals surface area contributed by atoms with E-state index in [1.807, 2.05) is 0 Å². The molecular weight excluding hydrogens is 210 g/mol. The van der Waals surface area contributed by atoms with E-state index < -0.39 is 12.2 Å². The van der Waals surface area contributed by atoms with Crippen LogP contribution in [0.15, 0.2) is 0 Å². The van der Waals surface area contributed by atoms with Gasteiger partial charge in [0.15, 0.2) is 0 Å². The van der Waals surface area contributed by atoms with Crippen LogP contribution in [0, 0.1) is 5.41 Å². The van der Waals surface area contributed by atoms with Crippen LogP contribution in [0.3, 0.4) is 0 Å². The molecule has 2 amide bonds. The Morgan fingerprint density at radius 3 is 2.25 bits per heavy atom. The molecule has 2 aliphatic heterocycles. The number of carbonyl (C=O) groups excluding carboxylic acids is 2. The van der Waals surface area contributed by atoms with Crippen LogP contribution in [0.5, 0.6) is 0 Å². The number of hydrogen-bond acceptors (Lipinski definition) is 4. The number of carbonyl (C=O) groups is 2. The number of likely N-dealkylation sites (tertiary alicyclic amines) is 1. The van der Waals surface area contributed by atoms with E-state index in [1.165, 1.54) is 4.90 Å². The third-order valence-corrected chi connectivity index (χ3v) is 3.89. The summed E-state index contributed by atoms with van der Waals surface area (Å²) in [6, 6.07) is 0. The van der Waals surface area contributed by atoms with Crippen molar-refractivity contribution in [3.8, 4) is 0 Å². The summed E-state index contributed by atoms with van der Waals surface area (Å²) in [6.07, 6.45) is 2.26. The molecule has 0 aromatic heterocycles. The van der Waals surface area contributed by atoms with Crippen LogP contribution in [0.25, 0.3) is 0 Å². The fourth-order valence-corrected chi connectivity index (χ4v) is 2.49. The molecule has 1 aliphatic carbocycles. The largest absolute Gasteiger partial charge is 0.396 e. The molecular formula is C11H15NO4. The summed E-state index contributed by atoms with van der Waals surface area (Å²) < 4.78 is 5.32. The highest BCUT2D eigenvalue weighted by molar-refractivity contribution is 6.02. The van der Waals surface area contributed by atoms with Crippen molar-refractivity contribution >= 4 is 11.8 Å². The average Bonchev–Trinajstić information content (AvgIpc) is 2.91. The molecule has 3 fully saturated rings. The van der Waals surface area contributed by atoms with Crippen LogP contribution >= 0.6 is 0 Å². The first kappa shape index (κ1) is 10.2. The minimum Gasteiger partial charge on any atom is -0.396 e. The fourth-order valence-electron chi connectivity index (χ4n) is 2.49. The van der Waals surface area contributed by atoms with E-state index in [-0.39, 0.29) is 23.8 Å². The fraction of sp³-hybridized carbons (Fsp3) is 0.818. The minimum atomic E-state index is -0.419. The normalized spacial score (nSPS) is 35.7. The monoisotopic (exact) mass is 225 g/mol. The maximum absolute atomic E-state index is 11.9. The first-order chi connectivity index (χ1) is 7.65. The second kappa shape index (κ2) is 3.28. The van der Waals surface area contributed by atoms with Crippen molar-refractivity contribution in [1.82, 2.24) is 4.90 Å². The highest BCUT2D eigenvalue weighted by Crippen LogP contribution is 2.46. The third kappa shape index (κ3) is 1.38. The Morgan fingerprint density at radius 1 is 1.25 bits per heavy atom. The molecule has 0 aromatic rings. The number of imide groups is 1. The number of nitrogens with zero attached hydrogens (tertiary/aromatic N) is 1. The molecule has 1 saturated carbocycles. The maximum Gasteiger partial charge on any atom is 0.258 e. The smallest absolute Gasteiger partial charge is 0.258 e. The van der Waals surface area contributed by atoms with Crippen LogP contribution in [0.1, 0.15) is 25.7 Å². The molecule has 5 heteroatoms. The first-order valence-electron chi connectivity index (χ1n) is 5.77. The van der Waals surface area contributed by atoms with Gasteiger partial charge in [-0.15, -0.1) is 0 Å². The van der Waals surface area contributed by atoms with Crippen molar-refractivity contribution in [2.45, 2.75) is 37.9 Å². The molecule has 2 saturated heterocycles. The number of ether oxygens (including phenoxy) is 1. The Morgan fingerprint density at radius 2 is 1.81 bits per heavy atom. The zero-order valence-electron chi connectivity index (χ0n) is 9.02. The Labute approximate surface area is 93.4 Å². The van der Waals surface area contributed by atoms with Crippen molar-refractivity contribution < 1.29 is 19.4 Å². The van der Waals surface area contributed by atoms with Crippen molar-refractivity contribution in [2.75, 3.05) is 13.2 Å². The highest BCUT2D eigenvalue weighted by Gasteiger charge is 2.51. The quantitative estimate of drug-likeness (QED) is 0.668. The Balaban J connectivity index is 1.78. The van der Waals surface area contributed by atoms with Gasteiger partial charge in [0.1, 0.15) is 12.2 Å². The molecule has 0 spiro atoms. The van der Waals surface area contributed by atoms with E-state index in [2.05, 4.69) is 0 Å². The van der Waals surface area contributed by atoms with Gasteiger partial charge >= 0.3 is 0 Å². The van der Waals surface area contributed by atoms with Crippen LogP contribution in [-0.4, -0.2) is 47.2 Å². The first-order valence-corrected chi connectivity index (χ1v) is 5.77. The summed E-state index contributed by atoms with van der Waals surface area (Å²) in [5, 5.41) is 9.23. The lowest BCUT2D eigenvalue weighted by atomic mass is 10.1. The molecule has 16 heavy (non-hydrogen) atoms. The molecule has 0 radical (unpaired) electrons. The van der Waals surface area contributed by atoms with E-state index in [4.69, 9.17) is 4.74 Å². The van der Waals surface area contributed by atoms with Crippen molar-refractivity contribution in [3.05, 3.63) is 0 Å². The van der Waals surface area contributed by atoms with Gasteiger partial charge in [0.05, 0.1) is 6.61 Å². The summed E-state index contributed by atoms with van der Waals surface area (Å²) >= 11 is 0. The molecule has 0 aromatic carbocycles. The lowest BCUT2D eigenvalue weighted by molar-refractivity contribution is -0.169. The summed E-state index contributed by atoms with van der Waals surface area (Å²) in [5.74, 6) is -0.419. The number of fused-ring (bicyclic) bond motifs is 2. The van der Waals surface area contributed by atoms with Gasteiger partial charge in [-0.1, -0.05) is 0 Å².